The molecule has 0 aromatic carbocycles. The molecule has 1 aromatic heterocycles. The van der Waals surface area contributed by atoms with Crippen LogP contribution in [0.3, 0.4) is 0 Å². The number of aliphatic hydroxyl groups is 1. The maximum atomic E-state index is 12.5. The molecule has 1 unspecified atom stereocenters. The van der Waals surface area contributed by atoms with E-state index >= 15 is 0 Å². The molecule has 1 aromatic rings. The summed E-state index contributed by atoms with van der Waals surface area (Å²) >= 11 is 1.64. The molecule has 1 aliphatic heterocycles. The van der Waals surface area contributed by atoms with Crippen molar-refractivity contribution in [1.29, 1.82) is 0 Å². The molecule has 1 saturated heterocycles. The van der Waals surface area contributed by atoms with Gasteiger partial charge in [-0.3, -0.25) is 4.79 Å². The summed E-state index contributed by atoms with van der Waals surface area (Å²) in [7, 11) is 0. The zero-order valence-corrected chi connectivity index (χ0v) is 12.6. The Bertz CT molecular complexity index is 441. The lowest BCUT2D eigenvalue weighted by Crippen LogP contribution is -2.41. The molecule has 2 heterocycles. The number of aliphatic hydroxyl groups excluding tert-OH is 1. The second-order valence-corrected chi connectivity index (χ2v) is 6.35. The first-order valence-electron chi connectivity index (χ1n) is 7.24. The van der Waals surface area contributed by atoms with Gasteiger partial charge < -0.3 is 10.0 Å². The van der Waals surface area contributed by atoms with Crippen molar-refractivity contribution >= 4 is 17.2 Å². The summed E-state index contributed by atoms with van der Waals surface area (Å²) in [6.45, 7) is 5.57. The van der Waals surface area contributed by atoms with Crippen LogP contribution in [0, 0.1) is 0 Å². The number of amides is 1. The fraction of sp³-hybridized carbons (Fsp3) is 0.667. The molecule has 0 saturated carbocycles. The van der Waals surface area contributed by atoms with Gasteiger partial charge in [-0.1, -0.05) is 20.3 Å². The lowest BCUT2D eigenvalue weighted by molar-refractivity contribution is 0.0477. The van der Waals surface area contributed by atoms with Crippen molar-refractivity contribution in [2.45, 2.75) is 52.1 Å². The molecule has 0 bridgehead atoms. The van der Waals surface area contributed by atoms with Crippen molar-refractivity contribution in [3.63, 3.8) is 0 Å². The van der Waals surface area contributed by atoms with E-state index in [-0.39, 0.29) is 12.0 Å². The average Bonchev–Trinajstić information content (AvgIpc) is 2.81. The Morgan fingerprint density at radius 1 is 1.53 bits per heavy atom. The number of carbonyl (C=O) groups is 1. The summed E-state index contributed by atoms with van der Waals surface area (Å²) in [5, 5.41) is 9.68. The van der Waals surface area contributed by atoms with Gasteiger partial charge in [-0.05, 0) is 37.3 Å². The maximum absolute atomic E-state index is 12.5. The van der Waals surface area contributed by atoms with E-state index in [0.29, 0.717) is 6.54 Å². The summed E-state index contributed by atoms with van der Waals surface area (Å²) in [6.07, 6.45) is 4.53. The van der Waals surface area contributed by atoms with Crippen molar-refractivity contribution in [3.05, 3.63) is 21.4 Å². The zero-order valence-electron chi connectivity index (χ0n) is 11.8. The van der Waals surface area contributed by atoms with Gasteiger partial charge in [0.15, 0.2) is 0 Å². The third kappa shape index (κ3) is 3.37. The van der Waals surface area contributed by atoms with Crippen LogP contribution in [0.5, 0.6) is 0 Å². The molecule has 2 rings (SSSR count). The number of thiophene rings is 1. The van der Waals surface area contributed by atoms with Gasteiger partial charge in [0.1, 0.15) is 0 Å². The molecule has 1 aliphatic rings. The quantitative estimate of drug-likeness (QED) is 0.922. The third-order valence-corrected chi connectivity index (χ3v) is 4.87. The minimum absolute atomic E-state index is 0.0980. The number of rotatable bonds is 4. The number of aryl methyl sites for hydroxylation is 2. The van der Waals surface area contributed by atoms with Gasteiger partial charge in [0.05, 0.1) is 11.0 Å². The van der Waals surface area contributed by atoms with Crippen LogP contribution in [0.2, 0.25) is 0 Å². The molecule has 4 heteroatoms. The van der Waals surface area contributed by atoms with E-state index in [1.807, 2.05) is 0 Å². The highest BCUT2D eigenvalue weighted by Gasteiger charge is 2.24. The van der Waals surface area contributed by atoms with Gasteiger partial charge in [0, 0.05) is 18.0 Å². The summed E-state index contributed by atoms with van der Waals surface area (Å²) < 4.78 is 0. The predicted molar refractivity (Wildman–Crippen MR) is 78.8 cm³/mol. The van der Waals surface area contributed by atoms with Gasteiger partial charge in [-0.15, -0.1) is 11.3 Å². The van der Waals surface area contributed by atoms with Crippen LogP contribution in [0.1, 0.15) is 53.2 Å². The molecule has 0 radical (unpaired) electrons. The van der Waals surface area contributed by atoms with E-state index < -0.39 is 0 Å². The summed E-state index contributed by atoms with van der Waals surface area (Å²) in [4.78, 5) is 16.5. The van der Waals surface area contributed by atoms with E-state index in [1.165, 1.54) is 10.4 Å². The number of hydrogen-bond acceptors (Lipinski definition) is 3. The minimum atomic E-state index is -0.349. The third-order valence-electron chi connectivity index (χ3n) is 3.65. The van der Waals surface area contributed by atoms with Gasteiger partial charge in [-0.2, -0.15) is 0 Å². The molecule has 0 spiro atoms. The molecule has 0 aliphatic carbocycles. The number of β-amino-alcohol motifs (C(OH)–C–C–N with tert-alkyl or cyclic N) is 1. The smallest absolute Gasteiger partial charge is 0.264 e. The highest BCUT2D eigenvalue weighted by Crippen LogP contribution is 2.26. The van der Waals surface area contributed by atoms with Gasteiger partial charge in [0.2, 0.25) is 0 Å². The number of nitrogens with zero attached hydrogens (tertiary/aromatic N) is 1. The van der Waals surface area contributed by atoms with Crippen LogP contribution < -0.4 is 0 Å². The molecular weight excluding hydrogens is 258 g/mol. The molecule has 1 fully saturated rings. The van der Waals surface area contributed by atoms with E-state index in [2.05, 4.69) is 19.9 Å². The van der Waals surface area contributed by atoms with Crippen molar-refractivity contribution < 1.29 is 9.90 Å². The first-order chi connectivity index (χ1) is 9.15. The maximum Gasteiger partial charge on any atom is 0.264 e. The monoisotopic (exact) mass is 281 g/mol. The van der Waals surface area contributed by atoms with E-state index in [1.54, 1.807) is 16.2 Å². The number of likely N-dealkylation sites (tertiary alicyclic amines) is 1. The van der Waals surface area contributed by atoms with Crippen LogP contribution >= 0.6 is 11.3 Å². The lowest BCUT2D eigenvalue weighted by Gasteiger charge is -2.29. The van der Waals surface area contributed by atoms with E-state index in [4.69, 9.17) is 0 Å². The van der Waals surface area contributed by atoms with Crippen LogP contribution in [0.4, 0.5) is 0 Å². The van der Waals surface area contributed by atoms with Crippen molar-refractivity contribution in [1.82, 2.24) is 4.90 Å². The van der Waals surface area contributed by atoms with E-state index in [9.17, 15) is 9.90 Å². The fourth-order valence-corrected chi connectivity index (χ4v) is 3.93. The number of hydrogen-bond donors (Lipinski definition) is 1. The Morgan fingerprint density at radius 2 is 2.32 bits per heavy atom. The van der Waals surface area contributed by atoms with Crippen molar-refractivity contribution in [2.75, 3.05) is 13.1 Å². The summed E-state index contributed by atoms with van der Waals surface area (Å²) in [5.41, 5.74) is 1.31. The van der Waals surface area contributed by atoms with Crippen molar-refractivity contribution in [2.24, 2.45) is 0 Å². The van der Waals surface area contributed by atoms with Crippen LogP contribution in [0.25, 0.3) is 0 Å². The zero-order chi connectivity index (χ0) is 13.8. The Balaban J connectivity index is 2.14. The summed E-state index contributed by atoms with van der Waals surface area (Å²) in [5.74, 6) is 0.0980. The Labute approximate surface area is 119 Å². The predicted octanol–water partition coefficient (Wildman–Crippen LogP) is 2.86. The Kier molecular flexibility index (Phi) is 4.99. The molecule has 1 amide bonds. The minimum Gasteiger partial charge on any atom is -0.391 e. The van der Waals surface area contributed by atoms with Gasteiger partial charge >= 0.3 is 0 Å². The van der Waals surface area contributed by atoms with Crippen molar-refractivity contribution in [3.8, 4) is 0 Å². The standard InChI is InChI=1S/C15H23NO2S/c1-3-6-13-11(4-2)9-14(19-13)15(18)16-8-5-7-12(17)10-16/h9,12,17H,3-8,10H2,1-2H3. The second kappa shape index (κ2) is 6.53. The number of piperidine rings is 1. The SMILES string of the molecule is CCCc1sc(C(=O)N2CCCC(O)C2)cc1CC. The van der Waals surface area contributed by atoms with Crippen LogP contribution in [-0.2, 0) is 12.8 Å². The van der Waals surface area contributed by atoms with Crippen LogP contribution in [0.15, 0.2) is 6.07 Å². The topological polar surface area (TPSA) is 40.5 Å². The Morgan fingerprint density at radius 3 is 2.95 bits per heavy atom. The normalized spacial score (nSPS) is 19.7. The molecular formula is C15H23NO2S. The number of carbonyl (C=O) groups excluding carboxylic acids is 1. The molecule has 3 nitrogen and oxygen atoms in total. The first-order valence-corrected chi connectivity index (χ1v) is 8.06. The lowest BCUT2D eigenvalue weighted by atomic mass is 10.1. The Hall–Kier alpha value is -0.870. The fourth-order valence-electron chi connectivity index (χ4n) is 2.60. The average molecular weight is 281 g/mol. The van der Waals surface area contributed by atoms with Gasteiger partial charge in [0.25, 0.3) is 5.91 Å². The molecule has 19 heavy (non-hydrogen) atoms. The molecule has 1 N–H and O–H groups in total. The second-order valence-electron chi connectivity index (χ2n) is 5.21. The molecule has 1 atom stereocenters. The highest BCUT2D eigenvalue weighted by molar-refractivity contribution is 7.14. The van der Waals surface area contributed by atoms with Crippen LogP contribution in [-0.4, -0.2) is 35.1 Å². The van der Waals surface area contributed by atoms with Gasteiger partial charge in [-0.25, -0.2) is 0 Å². The molecule has 106 valence electrons. The van der Waals surface area contributed by atoms with E-state index in [0.717, 1.165) is 43.5 Å². The summed E-state index contributed by atoms with van der Waals surface area (Å²) in [6, 6.07) is 2.05. The largest absolute Gasteiger partial charge is 0.391 e. The first kappa shape index (κ1) is 14.5. The highest BCUT2D eigenvalue weighted by atomic mass is 32.1.